The number of hydrogen-bond acceptors (Lipinski definition) is 4. The topological polar surface area (TPSA) is 87.5 Å². The van der Waals surface area contributed by atoms with Crippen molar-refractivity contribution >= 4 is 40.9 Å². The van der Waals surface area contributed by atoms with E-state index in [0.29, 0.717) is 27.7 Å². The summed E-state index contributed by atoms with van der Waals surface area (Å²) in [5.41, 5.74) is -0.586. The Morgan fingerprint density at radius 2 is 1.74 bits per heavy atom. The number of fused-ring (bicyclic) bond motifs is 1. The Balaban J connectivity index is 1.65. The molecule has 1 amide bonds. The van der Waals surface area contributed by atoms with Crippen LogP contribution in [0.1, 0.15) is 50.5 Å². The number of rotatable bonds is 6. The fraction of sp³-hybridized carbons (Fsp3) is 0.261. The summed E-state index contributed by atoms with van der Waals surface area (Å²) in [6, 6.07) is 9.87. The van der Waals surface area contributed by atoms with Crippen molar-refractivity contribution in [2.75, 3.05) is 11.4 Å². The number of alkyl halides is 3. The highest BCUT2D eigenvalue weighted by molar-refractivity contribution is 6.34. The smallest absolute Gasteiger partial charge is 0.436 e. The normalized spacial score (nSPS) is 14.1. The second-order valence-corrected chi connectivity index (χ2v) is 8.96. The lowest BCUT2D eigenvalue weighted by Gasteiger charge is -2.21. The van der Waals surface area contributed by atoms with Gasteiger partial charge in [-0.25, -0.2) is 9.48 Å². The van der Waals surface area contributed by atoms with Crippen LogP contribution in [-0.4, -0.2) is 33.3 Å². The Morgan fingerprint density at radius 1 is 1.11 bits per heavy atom. The maximum Gasteiger partial charge on any atom is 0.436 e. The molecule has 2 aromatic carbocycles. The van der Waals surface area contributed by atoms with E-state index in [-0.39, 0.29) is 24.5 Å². The fourth-order valence-electron chi connectivity index (χ4n) is 4.00. The average Bonchev–Trinajstić information content (AvgIpc) is 3.33. The van der Waals surface area contributed by atoms with Gasteiger partial charge in [-0.2, -0.15) is 18.3 Å². The number of benzene rings is 2. The molecule has 2 heterocycles. The monoisotopic (exact) mass is 526 g/mol. The highest BCUT2D eigenvalue weighted by atomic mass is 35.5. The molecule has 0 fully saturated rings. The van der Waals surface area contributed by atoms with E-state index in [4.69, 9.17) is 28.3 Å². The number of anilines is 1. The van der Waals surface area contributed by atoms with Crippen LogP contribution in [-0.2, 0) is 19.3 Å². The molecule has 1 aliphatic heterocycles. The molecule has 0 saturated heterocycles. The average molecular weight is 527 g/mol. The summed E-state index contributed by atoms with van der Waals surface area (Å²) in [5, 5.41) is 16.1. The van der Waals surface area contributed by atoms with Crippen molar-refractivity contribution in [3.63, 3.8) is 0 Å². The van der Waals surface area contributed by atoms with Crippen molar-refractivity contribution in [2.45, 2.75) is 32.2 Å². The number of hydrogen-bond donors (Lipinski definition) is 2. The minimum absolute atomic E-state index is 0.0536. The molecule has 0 spiro atoms. The number of nitrogens with one attached hydrogen (secondary N) is 1. The number of aromatic nitrogens is 2. The van der Waals surface area contributed by atoms with E-state index < -0.39 is 35.4 Å². The van der Waals surface area contributed by atoms with E-state index in [1.54, 1.807) is 30.0 Å². The predicted octanol–water partition coefficient (Wildman–Crippen LogP) is 5.42. The van der Waals surface area contributed by atoms with Crippen LogP contribution < -0.4 is 10.2 Å². The van der Waals surface area contributed by atoms with Crippen LogP contribution in [0.3, 0.4) is 0 Å². The van der Waals surface area contributed by atoms with E-state index in [9.17, 15) is 22.8 Å². The first-order valence-corrected chi connectivity index (χ1v) is 11.2. The van der Waals surface area contributed by atoms with Gasteiger partial charge in [0.15, 0.2) is 5.69 Å². The van der Waals surface area contributed by atoms with Crippen LogP contribution in [0.4, 0.5) is 19.0 Å². The maximum atomic E-state index is 13.8. The summed E-state index contributed by atoms with van der Waals surface area (Å²) in [6.07, 6.45) is -4.85. The molecule has 7 nitrogen and oxygen atoms in total. The van der Waals surface area contributed by atoms with Gasteiger partial charge in [0.05, 0.1) is 18.2 Å². The molecule has 0 aliphatic carbocycles. The molecule has 184 valence electrons. The summed E-state index contributed by atoms with van der Waals surface area (Å²) >= 11 is 12.1. The predicted molar refractivity (Wildman–Crippen MR) is 124 cm³/mol. The number of amides is 1. The molecule has 0 saturated carbocycles. The highest BCUT2D eigenvalue weighted by Crippen LogP contribution is 2.39. The summed E-state index contributed by atoms with van der Waals surface area (Å²) in [4.78, 5) is 25.9. The summed E-state index contributed by atoms with van der Waals surface area (Å²) in [7, 11) is 0. The lowest BCUT2D eigenvalue weighted by Crippen LogP contribution is -2.31. The third-order valence-electron chi connectivity index (χ3n) is 5.60. The lowest BCUT2D eigenvalue weighted by atomic mass is 10.1. The molecule has 0 bridgehead atoms. The van der Waals surface area contributed by atoms with Crippen molar-refractivity contribution in [1.29, 1.82) is 0 Å². The largest absolute Gasteiger partial charge is 0.478 e. The van der Waals surface area contributed by atoms with Gasteiger partial charge >= 0.3 is 12.1 Å². The van der Waals surface area contributed by atoms with E-state index in [2.05, 4.69) is 10.4 Å². The van der Waals surface area contributed by atoms with Crippen molar-refractivity contribution < 1.29 is 27.9 Å². The molecule has 12 heteroatoms. The van der Waals surface area contributed by atoms with Crippen LogP contribution in [0, 0.1) is 0 Å². The van der Waals surface area contributed by atoms with Gasteiger partial charge in [-0.1, -0.05) is 35.3 Å². The Kier molecular flexibility index (Phi) is 6.70. The van der Waals surface area contributed by atoms with Gasteiger partial charge in [0, 0.05) is 23.1 Å². The first-order valence-electron chi connectivity index (χ1n) is 10.5. The fourth-order valence-corrected chi connectivity index (χ4v) is 4.57. The van der Waals surface area contributed by atoms with Crippen molar-refractivity contribution in [2.24, 2.45) is 0 Å². The van der Waals surface area contributed by atoms with Gasteiger partial charge in [-0.05, 0) is 48.4 Å². The number of carboxylic acid groups (broad SMARTS) is 1. The minimum atomic E-state index is -4.85. The van der Waals surface area contributed by atoms with Crippen LogP contribution in [0.25, 0.3) is 0 Å². The van der Waals surface area contributed by atoms with Crippen molar-refractivity contribution in [3.05, 3.63) is 80.5 Å². The van der Waals surface area contributed by atoms with Crippen LogP contribution >= 0.6 is 23.2 Å². The number of halogens is 5. The van der Waals surface area contributed by atoms with Crippen LogP contribution in [0.2, 0.25) is 10.0 Å². The molecule has 1 aromatic heterocycles. The number of carbonyl (C=O) groups excluding carboxylic acids is 1. The number of nitrogens with zero attached hydrogens (tertiary/aromatic N) is 3. The Labute approximate surface area is 208 Å². The summed E-state index contributed by atoms with van der Waals surface area (Å²) in [5.74, 6) is -2.00. The third-order valence-corrected chi connectivity index (χ3v) is 6.04. The molecule has 1 atom stereocenters. The van der Waals surface area contributed by atoms with E-state index in [0.717, 1.165) is 0 Å². The van der Waals surface area contributed by atoms with E-state index in [1.165, 1.54) is 28.9 Å². The molecule has 35 heavy (non-hydrogen) atoms. The highest BCUT2D eigenvalue weighted by Gasteiger charge is 2.44. The van der Waals surface area contributed by atoms with Crippen LogP contribution in [0.15, 0.2) is 42.5 Å². The second-order valence-electron chi connectivity index (χ2n) is 8.09. The maximum absolute atomic E-state index is 13.8. The molecule has 3 aromatic rings. The first kappa shape index (κ1) is 24.9. The zero-order valence-corrected chi connectivity index (χ0v) is 19.7. The Morgan fingerprint density at radius 3 is 2.31 bits per heavy atom. The van der Waals surface area contributed by atoms with Gasteiger partial charge in [0.1, 0.15) is 11.4 Å². The molecular formula is C23H19Cl2F3N4O3. The van der Waals surface area contributed by atoms with E-state index >= 15 is 0 Å². The quantitative estimate of drug-likeness (QED) is 0.447. The van der Waals surface area contributed by atoms with Gasteiger partial charge in [-0.3, -0.25) is 4.79 Å². The zero-order chi connectivity index (χ0) is 25.5. The van der Waals surface area contributed by atoms with Gasteiger partial charge in [-0.15, -0.1) is 0 Å². The molecule has 2 N–H and O–H groups in total. The second kappa shape index (κ2) is 9.43. The molecule has 0 radical (unpaired) electrons. The zero-order valence-electron chi connectivity index (χ0n) is 18.2. The molecular weight excluding hydrogens is 508 g/mol. The van der Waals surface area contributed by atoms with Gasteiger partial charge in [0.25, 0.3) is 5.91 Å². The lowest BCUT2D eigenvalue weighted by molar-refractivity contribution is -0.141. The standard InChI is InChI=1S/C23H19Cl2F3N4O3/c1-12(14-2-4-15(5-3-14)22(34)35)29-20(33)18-19(23(26,27)28)30-32-7-6-31(21(18)32)11-13-8-16(24)10-17(25)9-13/h2-5,8-10,12H,6-7,11H2,1H3,(H,29,33)(H,34,35)/t12-/m0/s1. The first-order chi connectivity index (χ1) is 16.4. The Hall–Kier alpha value is -3.24. The van der Waals surface area contributed by atoms with Gasteiger partial charge in [0.2, 0.25) is 0 Å². The van der Waals surface area contributed by atoms with Crippen LogP contribution in [0.5, 0.6) is 0 Å². The Bertz CT molecular complexity index is 1270. The summed E-state index contributed by atoms with van der Waals surface area (Å²) < 4.78 is 42.7. The third kappa shape index (κ3) is 5.23. The minimum Gasteiger partial charge on any atom is -0.478 e. The molecule has 1 aliphatic rings. The SMILES string of the molecule is C[C@H](NC(=O)c1c(C(F)(F)F)nn2c1N(Cc1cc(Cl)cc(Cl)c1)CC2)c1ccc(C(=O)O)cc1. The molecule has 4 rings (SSSR count). The number of aromatic carboxylic acids is 1. The van der Waals surface area contributed by atoms with Crippen molar-refractivity contribution in [1.82, 2.24) is 15.1 Å². The van der Waals surface area contributed by atoms with E-state index in [1.807, 2.05) is 0 Å². The summed E-state index contributed by atoms with van der Waals surface area (Å²) in [6.45, 7) is 2.29. The van der Waals surface area contributed by atoms with Crippen molar-refractivity contribution in [3.8, 4) is 0 Å². The number of carboxylic acids is 1. The number of carbonyl (C=O) groups is 2. The molecule has 0 unspecified atom stereocenters. The van der Waals surface area contributed by atoms with Gasteiger partial charge < -0.3 is 15.3 Å².